The number of methoxy groups -OCH3 is 1. The Hall–Kier alpha value is -3.09. The number of carbonyl (C=O) groups excluding carboxylic acids is 1. The van der Waals surface area contributed by atoms with Gasteiger partial charge in [0.25, 0.3) is 5.56 Å². The summed E-state index contributed by atoms with van der Waals surface area (Å²) in [6.45, 7) is 3.46. The molecule has 0 aliphatic carbocycles. The second-order valence-electron chi connectivity index (χ2n) is 8.08. The lowest BCUT2D eigenvalue weighted by molar-refractivity contribution is -0.140. The topological polar surface area (TPSA) is 79.1 Å². The number of esters is 1. The number of hydrogen-bond donors (Lipinski definition) is 0. The lowest BCUT2D eigenvalue weighted by Crippen LogP contribution is -2.41. The van der Waals surface area contributed by atoms with Crippen LogP contribution in [0.5, 0.6) is 11.5 Å². The van der Waals surface area contributed by atoms with E-state index in [4.69, 9.17) is 25.8 Å². The third-order valence-electron chi connectivity index (χ3n) is 5.61. The maximum Gasteiger partial charge on any atom is 0.434 e. The normalized spacial score (nSPS) is 15.6. The average molecular weight is 646 g/mol. The van der Waals surface area contributed by atoms with Crippen LogP contribution in [0.1, 0.15) is 31.0 Å². The molecule has 2 aromatic carbocycles. The van der Waals surface area contributed by atoms with E-state index in [0.717, 1.165) is 15.9 Å². The molecular weight excluding hydrogens is 625 g/mol. The van der Waals surface area contributed by atoms with Crippen LogP contribution in [0.3, 0.4) is 0 Å². The number of rotatable bonds is 7. The number of fused-ring (bicyclic) bond motifs is 1. The highest BCUT2D eigenvalue weighted by Crippen LogP contribution is 2.39. The zero-order chi connectivity index (χ0) is 28.5. The van der Waals surface area contributed by atoms with Crippen LogP contribution >= 0.6 is 38.9 Å². The number of thiazole rings is 1. The van der Waals surface area contributed by atoms with Crippen molar-refractivity contribution >= 4 is 50.9 Å². The fourth-order valence-corrected chi connectivity index (χ4v) is 5.83. The molecule has 0 radical (unpaired) electrons. The van der Waals surface area contributed by atoms with Crippen molar-refractivity contribution in [3.8, 4) is 11.5 Å². The summed E-state index contributed by atoms with van der Waals surface area (Å²) >= 11 is 10.2. The molecule has 0 N–H and O–H groups in total. The monoisotopic (exact) mass is 644 g/mol. The Morgan fingerprint density at radius 3 is 2.49 bits per heavy atom. The molecule has 0 fully saturated rings. The molecule has 4 rings (SSSR count). The van der Waals surface area contributed by atoms with Gasteiger partial charge in [0.2, 0.25) is 0 Å². The van der Waals surface area contributed by atoms with Crippen molar-refractivity contribution in [1.29, 1.82) is 0 Å². The number of nitrogens with zero attached hydrogens (tertiary/aromatic N) is 2. The highest BCUT2D eigenvalue weighted by molar-refractivity contribution is 9.10. The second-order valence-corrected chi connectivity index (χ2v) is 10.4. The summed E-state index contributed by atoms with van der Waals surface area (Å²) < 4.78 is 60.4. The smallest absolute Gasteiger partial charge is 0.434 e. The number of hydrogen-bond acceptors (Lipinski definition) is 7. The van der Waals surface area contributed by atoms with Gasteiger partial charge in [0, 0.05) is 5.02 Å². The van der Waals surface area contributed by atoms with Crippen LogP contribution in [-0.4, -0.2) is 37.0 Å². The van der Waals surface area contributed by atoms with Gasteiger partial charge in [-0.1, -0.05) is 35.1 Å². The molecule has 1 aliphatic heterocycles. The summed E-state index contributed by atoms with van der Waals surface area (Å²) in [6, 6.07) is 7.72. The molecule has 13 heteroatoms. The third kappa shape index (κ3) is 5.78. The van der Waals surface area contributed by atoms with Crippen molar-refractivity contribution < 1.29 is 32.2 Å². The zero-order valence-corrected chi connectivity index (χ0v) is 23.9. The van der Waals surface area contributed by atoms with Crippen LogP contribution in [0.2, 0.25) is 5.02 Å². The van der Waals surface area contributed by atoms with Gasteiger partial charge in [0.1, 0.15) is 0 Å². The zero-order valence-electron chi connectivity index (χ0n) is 20.8. The Kier molecular flexibility index (Phi) is 8.57. The van der Waals surface area contributed by atoms with Gasteiger partial charge in [0.15, 0.2) is 22.0 Å². The minimum absolute atomic E-state index is 0.0962. The summed E-state index contributed by atoms with van der Waals surface area (Å²) in [7, 11) is 1.48. The predicted octanol–water partition coefficient (Wildman–Crippen LogP) is 5.16. The van der Waals surface area contributed by atoms with Crippen molar-refractivity contribution in [1.82, 2.24) is 4.57 Å². The standard InChI is InChI=1S/C26H21BrClF3N2O5S/c1-4-37-17-11-13(10-16(27)21(17)36-3)12-18-23(34)33-20(14-6-8-15(28)9-7-14)19(24(35)38-5-2)22(26(29,30)31)32-25(33)39-18/h6-12,20H,4-5H2,1-3H3/b18-12-/t20-/m0/s1. The Morgan fingerprint density at radius 2 is 1.90 bits per heavy atom. The molecule has 3 aromatic rings. The molecule has 206 valence electrons. The number of ether oxygens (including phenoxy) is 3. The van der Waals surface area contributed by atoms with E-state index in [1.165, 1.54) is 44.4 Å². The highest BCUT2D eigenvalue weighted by Gasteiger charge is 2.45. The Morgan fingerprint density at radius 1 is 1.21 bits per heavy atom. The molecular formula is C26H21BrClF3N2O5S. The Balaban J connectivity index is 2.02. The molecule has 0 saturated heterocycles. The van der Waals surface area contributed by atoms with Gasteiger partial charge >= 0.3 is 12.1 Å². The Labute approximate surface area is 237 Å². The SMILES string of the molecule is CCOC(=O)C1=C(C(F)(F)F)N=c2s/c(=C\c3cc(Br)c(OC)c(OCC)c3)c(=O)n2[C@H]1c1ccc(Cl)cc1. The van der Waals surface area contributed by atoms with Gasteiger partial charge < -0.3 is 14.2 Å². The van der Waals surface area contributed by atoms with E-state index in [0.29, 0.717) is 33.2 Å². The first-order chi connectivity index (χ1) is 18.5. The first-order valence-corrected chi connectivity index (χ1v) is 13.5. The van der Waals surface area contributed by atoms with E-state index in [2.05, 4.69) is 20.9 Å². The summed E-state index contributed by atoms with van der Waals surface area (Å²) in [4.78, 5) is 30.1. The van der Waals surface area contributed by atoms with Gasteiger partial charge in [-0.25, -0.2) is 9.79 Å². The van der Waals surface area contributed by atoms with Gasteiger partial charge in [-0.3, -0.25) is 9.36 Å². The van der Waals surface area contributed by atoms with Crippen LogP contribution in [0.25, 0.3) is 6.08 Å². The first-order valence-electron chi connectivity index (χ1n) is 11.6. The number of halogens is 5. The van der Waals surface area contributed by atoms with E-state index < -0.39 is 35.0 Å². The largest absolute Gasteiger partial charge is 0.492 e. The quantitative estimate of drug-likeness (QED) is 0.332. The van der Waals surface area contributed by atoms with Crippen molar-refractivity contribution in [3.05, 3.63) is 88.0 Å². The molecule has 2 heterocycles. The van der Waals surface area contributed by atoms with E-state index in [1.54, 1.807) is 19.1 Å². The van der Waals surface area contributed by atoms with Crippen LogP contribution < -0.4 is 24.4 Å². The minimum atomic E-state index is -4.99. The number of allylic oxidation sites excluding steroid dienone is 1. The number of alkyl halides is 3. The first kappa shape index (κ1) is 28.9. The minimum Gasteiger partial charge on any atom is -0.492 e. The van der Waals surface area contributed by atoms with Crippen molar-refractivity contribution in [3.63, 3.8) is 0 Å². The van der Waals surface area contributed by atoms with Crippen molar-refractivity contribution in [2.45, 2.75) is 26.1 Å². The van der Waals surface area contributed by atoms with Gasteiger partial charge in [-0.15, -0.1) is 0 Å². The predicted molar refractivity (Wildman–Crippen MR) is 144 cm³/mol. The fourth-order valence-electron chi connectivity index (χ4n) is 4.08. The fraction of sp³-hybridized carbons (Fsp3) is 0.269. The van der Waals surface area contributed by atoms with Crippen molar-refractivity contribution in [2.75, 3.05) is 20.3 Å². The Bertz CT molecular complexity index is 1630. The van der Waals surface area contributed by atoms with Gasteiger partial charge in [-0.05, 0) is 71.2 Å². The van der Waals surface area contributed by atoms with Gasteiger partial charge in [0.05, 0.1) is 40.9 Å². The van der Waals surface area contributed by atoms with Gasteiger partial charge in [-0.2, -0.15) is 13.2 Å². The molecule has 0 amide bonds. The van der Waals surface area contributed by atoms with E-state index in [1.807, 2.05) is 0 Å². The third-order valence-corrected chi connectivity index (χ3v) is 7.44. The summed E-state index contributed by atoms with van der Waals surface area (Å²) in [5.41, 5.74) is -2.07. The second kappa shape index (κ2) is 11.6. The molecule has 0 bridgehead atoms. The summed E-state index contributed by atoms with van der Waals surface area (Å²) in [6.07, 6.45) is -3.48. The number of aromatic nitrogens is 1. The molecule has 0 saturated carbocycles. The van der Waals surface area contributed by atoms with Crippen LogP contribution in [0.4, 0.5) is 13.2 Å². The molecule has 0 spiro atoms. The number of benzene rings is 2. The van der Waals surface area contributed by atoms with E-state index in [9.17, 15) is 22.8 Å². The van der Waals surface area contributed by atoms with Crippen LogP contribution in [0.15, 0.2) is 61.9 Å². The average Bonchev–Trinajstić information content (AvgIpc) is 3.18. The molecule has 1 aliphatic rings. The molecule has 39 heavy (non-hydrogen) atoms. The van der Waals surface area contributed by atoms with Crippen LogP contribution in [0, 0.1) is 0 Å². The van der Waals surface area contributed by atoms with Crippen LogP contribution in [-0.2, 0) is 9.53 Å². The summed E-state index contributed by atoms with van der Waals surface area (Å²) in [5.74, 6) is -0.355. The van der Waals surface area contributed by atoms with E-state index in [-0.39, 0.29) is 21.5 Å². The molecule has 0 unspecified atom stereocenters. The lowest BCUT2D eigenvalue weighted by atomic mass is 9.95. The lowest BCUT2D eigenvalue weighted by Gasteiger charge is -2.26. The summed E-state index contributed by atoms with van der Waals surface area (Å²) in [5, 5.41) is 0.332. The van der Waals surface area contributed by atoms with Crippen molar-refractivity contribution in [2.24, 2.45) is 4.99 Å². The number of carbonyl (C=O) groups is 1. The maximum absolute atomic E-state index is 14.2. The maximum atomic E-state index is 14.2. The molecule has 1 aromatic heterocycles. The molecule has 7 nitrogen and oxygen atoms in total. The van der Waals surface area contributed by atoms with E-state index >= 15 is 0 Å². The highest BCUT2D eigenvalue weighted by atomic mass is 79.9. The molecule has 1 atom stereocenters.